The molecule has 0 radical (unpaired) electrons. The zero-order chi connectivity index (χ0) is 14.0. The van der Waals surface area contributed by atoms with Crippen LogP contribution < -0.4 is 5.32 Å². The van der Waals surface area contributed by atoms with Crippen molar-refractivity contribution in [2.75, 3.05) is 5.32 Å². The summed E-state index contributed by atoms with van der Waals surface area (Å²) in [5.41, 5.74) is 1.49. The van der Waals surface area contributed by atoms with Crippen LogP contribution in [0.4, 0.5) is 5.00 Å². The fraction of sp³-hybridized carbons (Fsp3) is 0.231. The molecule has 0 saturated heterocycles. The van der Waals surface area contributed by atoms with Gasteiger partial charge in [0.2, 0.25) is 5.91 Å². The quantitative estimate of drug-likeness (QED) is 0.926. The first-order chi connectivity index (χ1) is 9.01. The number of amides is 1. The van der Waals surface area contributed by atoms with Crippen molar-refractivity contribution in [2.24, 2.45) is 0 Å². The van der Waals surface area contributed by atoms with Crippen LogP contribution in [0.2, 0.25) is 4.34 Å². The Morgan fingerprint density at radius 2 is 2.16 bits per heavy atom. The Bertz CT molecular complexity index is 667. The molecule has 19 heavy (non-hydrogen) atoms. The molecule has 2 aromatic heterocycles. The van der Waals surface area contributed by atoms with Gasteiger partial charge in [-0.3, -0.25) is 4.79 Å². The number of thiophene rings is 2. The molecule has 1 N–H and O–H groups in total. The Balaban J connectivity index is 2.11. The molecule has 98 valence electrons. The SMILES string of the molecule is Cc1sc(NC(=O)Cc2ccc(Cl)s2)c(C#N)c1C. The number of halogens is 1. The Kier molecular flexibility index (Phi) is 4.25. The van der Waals surface area contributed by atoms with E-state index in [2.05, 4.69) is 11.4 Å². The zero-order valence-electron chi connectivity index (χ0n) is 10.4. The van der Waals surface area contributed by atoms with E-state index in [4.69, 9.17) is 16.9 Å². The first-order valence-electron chi connectivity index (χ1n) is 5.55. The van der Waals surface area contributed by atoms with E-state index in [0.29, 0.717) is 14.9 Å². The second-order valence-electron chi connectivity index (χ2n) is 4.03. The molecule has 2 heterocycles. The summed E-state index contributed by atoms with van der Waals surface area (Å²) in [6, 6.07) is 5.74. The van der Waals surface area contributed by atoms with Crippen LogP contribution >= 0.6 is 34.3 Å². The molecule has 0 saturated carbocycles. The largest absolute Gasteiger partial charge is 0.316 e. The van der Waals surface area contributed by atoms with Crippen molar-refractivity contribution in [3.63, 3.8) is 0 Å². The minimum atomic E-state index is -0.128. The normalized spacial score (nSPS) is 10.2. The summed E-state index contributed by atoms with van der Waals surface area (Å²) >= 11 is 8.64. The molecule has 0 unspecified atom stereocenters. The zero-order valence-corrected chi connectivity index (χ0v) is 12.8. The first-order valence-corrected chi connectivity index (χ1v) is 7.56. The lowest BCUT2D eigenvalue weighted by atomic mass is 10.2. The van der Waals surface area contributed by atoms with Crippen molar-refractivity contribution in [1.82, 2.24) is 0 Å². The van der Waals surface area contributed by atoms with E-state index in [1.165, 1.54) is 22.7 Å². The maximum atomic E-state index is 11.9. The van der Waals surface area contributed by atoms with E-state index in [-0.39, 0.29) is 12.3 Å². The van der Waals surface area contributed by atoms with Gasteiger partial charge in [0.05, 0.1) is 16.3 Å². The van der Waals surface area contributed by atoms with E-state index in [9.17, 15) is 4.79 Å². The van der Waals surface area contributed by atoms with Gasteiger partial charge in [0.15, 0.2) is 0 Å². The molecule has 0 atom stereocenters. The monoisotopic (exact) mass is 310 g/mol. The summed E-state index contributed by atoms with van der Waals surface area (Å²) in [6.45, 7) is 3.83. The topological polar surface area (TPSA) is 52.9 Å². The number of aryl methyl sites for hydroxylation is 1. The summed E-state index contributed by atoms with van der Waals surface area (Å²) < 4.78 is 0.670. The van der Waals surface area contributed by atoms with Crippen molar-refractivity contribution in [1.29, 1.82) is 5.26 Å². The molecule has 1 amide bonds. The number of rotatable bonds is 3. The lowest BCUT2D eigenvalue weighted by Crippen LogP contribution is -2.13. The van der Waals surface area contributed by atoms with Crippen LogP contribution in [0.15, 0.2) is 12.1 Å². The third kappa shape index (κ3) is 3.16. The van der Waals surface area contributed by atoms with Gasteiger partial charge in [-0.1, -0.05) is 11.6 Å². The van der Waals surface area contributed by atoms with Gasteiger partial charge in [0.1, 0.15) is 11.1 Å². The lowest BCUT2D eigenvalue weighted by Gasteiger charge is -2.01. The number of carbonyl (C=O) groups is 1. The van der Waals surface area contributed by atoms with Gasteiger partial charge in [-0.15, -0.1) is 22.7 Å². The maximum absolute atomic E-state index is 11.9. The second kappa shape index (κ2) is 5.74. The second-order valence-corrected chi connectivity index (χ2v) is 7.05. The van der Waals surface area contributed by atoms with Crippen molar-refractivity contribution >= 4 is 45.2 Å². The molecule has 0 fully saturated rings. The molecule has 2 rings (SSSR count). The number of nitriles is 1. The first kappa shape index (κ1) is 14.1. The molecule has 0 spiro atoms. The van der Waals surface area contributed by atoms with Crippen LogP contribution in [0.3, 0.4) is 0 Å². The van der Waals surface area contributed by atoms with Crippen molar-refractivity contribution < 1.29 is 4.79 Å². The fourth-order valence-corrected chi connectivity index (χ4v) is 3.74. The Labute approximate surface area is 124 Å². The van der Waals surface area contributed by atoms with Gasteiger partial charge in [0.25, 0.3) is 0 Å². The van der Waals surface area contributed by atoms with Crippen LogP contribution in [-0.4, -0.2) is 5.91 Å². The standard InChI is InChI=1S/C13H11ClN2OS2/c1-7-8(2)18-13(10(7)6-15)16-12(17)5-9-3-4-11(14)19-9/h3-4H,5H2,1-2H3,(H,16,17). The number of carbonyl (C=O) groups excluding carboxylic acids is 1. The van der Waals surface area contributed by atoms with E-state index in [1.807, 2.05) is 19.9 Å². The molecule has 0 bridgehead atoms. The van der Waals surface area contributed by atoms with Gasteiger partial charge in [0, 0.05) is 9.75 Å². The van der Waals surface area contributed by atoms with Gasteiger partial charge in [-0.2, -0.15) is 5.26 Å². The van der Waals surface area contributed by atoms with Crippen LogP contribution in [0.5, 0.6) is 0 Å². The summed E-state index contributed by atoms with van der Waals surface area (Å²) in [5.74, 6) is -0.128. The summed E-state index contributed by atoms with van der Waals surface area (Å²) in [4.78, 5) is 13.9. The minimum Gasteiger partial charge on any atom is -0.316 e. The Morgan fingerprint density at radius 1 is 1.42 bits per heavy atom. The number of nitrogens with zero attached hydrogens (tertiary/aromatic N) is 1. The molecule has 2 aromatic rings. The average Bonchev–Trinajstić information content (AvgIpc) is 2.85. The number of hydrogen-bond donors (Lipinski definition) is 1. The molecular formula is C13H11ClN2OS2. The van der Waals surface area contributed by atoms with Crippen molar-refractivity contribution in [2.45, 2.75) is 20.3 Å². The molecule has 3 nitrogen and oxygen atoms in total. The lowest BCUT2D eigenvalue weighted by molar-refractivity contribution is -0.115. The predicted molar refractivity (Wildman–Crippen MR) is 80.2 cm³/mol. The Morgan fingerprint density at radius 3 is 2.74 bits per heavy atom. The Hall–Kier alpha value is -1.35. The molecule has 0 aliphatic heterocycles. The van der Waals surface area contributed by atoms with E-state index >= 15 is 0 Å². The van der Waals surface area contributed by atoms with Crippen molar-refractivity contribution in [3.05, 3.63) is 37.4 Å². The van der Waals surface area contributed by atoms with Crippen LogP contribution in [0, 0.1) is 25.2 Å². The van der Waals surface area contributed by atoms with E-state index in [0.717, 1.165) is 15.3 Å². The number of nitrogens with one attached hydrogen (secondary N) is 1. The molecule has 0 aliphatic rings. The highest BCUT2D eigenvalue weighted by molar-refractivity contribution is 7.17. The molecule has 0 aromatic carbocycles. The smallest absolute Gasteiger partial charge is 0.230 e. The number of anilines is 1. The van der Waals surface area contributed by atoms with Crippen LogP contribution in [0.25, 0.3) is 0 Å². The highest BCUT2D eigenvalue weighted by atomic mass is 35.5. The fourth-order valence-electron chi connectivity index (χ4n) is 1.63. The van der Waals surface area contributed by atoms with Crippen molar-refractivity contribution in [3.8, 4) is 6.07 Å². The molecule has 6 heteroatoms. The van der Waals surface area contributed by atoms with Gasteiger partial charge in [-0.25, -0.2) is 0 Å². The average molecular weight is 311 g/mol. The third-order valence-electron chi connectivity index (χ3n) is 2.71. The van der Waals surface area contributed by atoms with E-state index in [1.54, 1.807) is 6.07 Å². The summed E-state index contributed by atoms with van der Waals surface area (Å²) in [6.07, 6.45) is 0.276. The van der Waals surface area contributed by atoms with Gasteiger partial charge < -0.3 is 5.32 Å². The number of hydrogen-bond acceptors (Lipinski definition) is 4. The highest BCUT2D eigenvalue weighted by Crippen LogP contribution is 2.32. The molecule has 0 aliphatic carbocycles. The third-order valence-corrected chi connectivity index (χ3v) is 5.07. The van der Waals surface area contributed by atoms with Crippen LogP contribution in [-0.2, 0) is 11.2 Å². The van der Waals surface area contributed by atoms with Gasteiger partial charge >= 0.3 is 0 Å². The molecular weight excluding hydrogens is 300 g/mol. The van der Waals surface area contributed by atoms with Crippen LogP contribution in [0.1, 0.15) is 20.9 Å². The minimum absolute atomic E-state index is 0.128. The summed E-state index contributed by atoms with van der Waals surface area (Å²) in [5, 5.41) is 12.5. The van der Waals surface area contributed by atoms with Gasteiger partial charge in [-0.05, 0) is 31.5 Å². The predicted octanol–water partition coefficient (Wildman–Crippen LogP) is 4.13. The summed E-state index contributed by atoms with van der Waals surface area (Å²) in [7, 11) is 0. The van der Waals surface area contributed by atoms with E-state index < -0.39 is 0 Å². The highest BCUT2D eigenvalue weighted by Gasteiger charge is 2.15. The maximum Gasteiger partial charge on any atom is 0.230 e.